The zero-order chi connectivity index (χ0) is 8.55. The summed E-state index contributed by atoms with van der Waals surface area (Å²) in [7, 11) is 0. The summed E-state index contributed by atoms with van der Waals surface area (Å²) in [5, 5.41) is 16.1. The Balaban J connectivity index is 2.85. The van der Waals surface area contributed by atoms with Gasteiger partial charge in [-0.15, -0.1) is 14.8 Å². The first-order valence-electron chi connectivity index (χ1n) is 3.18. The van der Waals surface area contributed by atoms with E-state index in [1.54, 1.807) is 0 Å². The molecule has 0 aliphatic heterocycles. The van der Waals surface area contributed by atoms with Crippen LogP contribution in [0.4, 0.5) is 5.82 Å². The molecule has 6 heteroatoms. The van der Waals surface area contributed by atoms with E-state index in [2.05, 4.69) is 15.2 Å². The first-order valence-corrected chi connectivity index (χ1v) is 3.18. The van der Waals surface area contributed by atoms with Crippen LogP contribution < -0.4 is 5.73 Å². The number of nitrogens with two attached hydrogens (primary N) is 1. The SMILES string of the molecule is N#Cc1cc2c(N)ncnn2n1. The summed E-state index contributed by atoms with van der Waals surface area (Å²) in [5.41, 5.74) is 6.33. The molecule has 58 valence electrons. The van der Waals surface area contributed by atoms with E-state index in [1.165, 1.54) is 17.0 Å². The van der Waals surface area contributed by atoms with Gasteiger partial charge in [0.25, 0.3) is 0 Å². The lowest BCUT2D eigenvalue weighted by atomic mass is 10.4. The van der Waals surface area contributed by atoms with E-state index in [4.69, 9.17) is 11.0 Å². The molecular formula is C6H4N6. The molecule has 0 fully saturated rings. The van der Waals surface area contributed by atoms with Crippen LogP contribution >= 0.6 is 0 Å². The third-order valence-corrected chi connectivity index (χ3v) is 1.43. The van der Waals surface area contributed by atoms with E-state index in [0.29, 0.717) is 11.3 Å². The van der Waals surface area contributed by atoms with Crippen LogP contribution in [-0.2, 0) is 0 Å². The van der Waals surface area contributed by atoms with Crippen molar-refractivity contribution in [2.45, 2.75) is 0 Å². The molecule has 0 atom stereocenters. The number of aromatic nitrogens is 4. The second-order valence-corrected chi connectivity index (χ2v) is 2.16. The van der Waals surface area contributed by atoms with Gasteiger partial charge in [0.1, 0.15) is 17.9 Å². The van der Waals surface area contributed by atoms with Gasteiger partial charge in [0, 0.05) is 6.07 Å². The van der Waals surface area contributed by atoms with Crippen molar-refractivity contribution in [3.05, 3.63) is 18.1 Å². The molecule has 2 heterocycles. The summed E-state index contributed by atoms with van der Waals surface area (Å²) in [6.07, 6.45) is 1.29. The van der Waals surface area contributed by atoms with Crippen molar-refractivity contribution in [2.75, 3.05) is 5.73 Å². The highest BCUT2D eigenvalue weighted by Gasteiger charge is 2.03. The van der Waals surface area contributed by atoms with Gasteiger partial charge in [0.15, 0.2) is 11.5 Å². The molecule has 0 bridgehead atoms. The molecule has 0 aromatic carbocycles. The Bertz CT molecular complexity index is 464. The topological polar surface area (TPSA) is 92.9 Å². The number of nitrogens with zero attached hydrogens (tertiary/aromatic N) is 5. The molecule has 6 nitrogen and oxygen atoms in total. The average molecular weight is 160 g/mol. The summed E-state index contributed by atoms with van der Waals surface area (Å²) in [5.74, 6) is 0.319. The Hall–Kier alpha value is -2.16. The fraction of sp³-hybridized carbons (Fsp3) is 0. The van der Waals surface area contributed by atoms with Crippen molar-refractivity contribution in [3.63, 3.8) is 0 Å². The van der Waals surface area contributed by atoms with Crippen LogP contribution in [0.3, 0.4) is 0 Å². The summed E-state index contributed by atoms with van der Waals surface area (Å²) >= 11 is 0. The Labute approximate surface area is 67.2 Å². The molecule has 12 heavy (non-hydrogen) atoms. The van der Waals surface area contributed by atoms with E-state index in [-0.39, 0.29) is 5.69 Å². The van der Waals surface area contributed by atoms with Crippen molar-refractivity contribution in [3.8, 4) is 6.07 Å². The molecule has 2 N–H and O–H groups in total. The van der Waals surface area contributed by atoms with Crippen molar-refractivity contribution in [1.29, 1.82) is 5.26 Å². The van der Waals surface area contributed by atoms with Gasteiger partial charge in [-0.1, -0.05) is 0 Å². The standard InChI is InChI=1S/C6H4N6/c7-2-4-1-5-6(8)9-3-10-12(5)11-4/h1,3H,(H2,8,9,10). The maximum atomic E-state index is 8.51. The first kappa shape index (κ1) is 6.54. The lowest BCUT2D eigenvalue weighted by Gasteiger charge is -1.91. The largest absolute Gasteiger partial charge is 0.382 e. The predicted octanol–water partition coefficient (Wildman–Crippen LogP) is -0.422. The van der Waals surface area contributed by atoms with Gasteiger partial charge >= 0.3 is 0 Å². The van der Waals surface area contributed by atoms with Crippen LogP contribution in [0.2, 0.25) is 0 Å². The van der Waals surface area contributed by atoms with Gasteiger partial charge < -0.3 is 5.73 Å². The van der Waals surface area contributed by atoms with Crippen molar-refractivity contribution in [2.24, 2.45) is 0 Å². The molecule has 0 saturated carbocycles. The normalized spacial score (nSPS) is 9.92. The summed E-state index contributed by atoms with van der Waals surface area (Å²) < 4.78 is 1.28. The number of nitriles is 1. The van der Waals surface area contributed by atoms with Crippen LogP contribution in [-0.4, -0.2) is 19.8 Å². The van der Waals surface area contributed by atoms with Crippen LogP contribution in [0.5, 0.6) is 0 Å². The molecule has 0 radical (unpaired) electrons. The maximum Gasteiger partial charge on any atom is 0.165 e. The summed E-state index contributed by atoms with van der Waals surface area (Å²) in [4.78, 5) is 3.75. The number of fused-ring (bicyclic) bond motifs is 1. The predicted molar refractivity (Wildman–Crippen MR) is 39.9 cm³/mol. The molecule has 0 amide bonds. The van der Waals surface area contributed by atoms with Crippen LogP contribution in [0.25, 0.3) is 5.52 Å². The quantitative estimate of drug-likeness (QED) is 0.564. The van der Waals surface area contributed by atoms with Crippen LogP contribution in [0.1, 0.15) is 5.69 Å². The van der Waals surface area contributed by atoms with Gasteiger partial charge in [-0.05, 0) is 0 Å². The highest BCUT2D eigenvalue weighted by molar-refractivity contribution is 5.65. The molecule has 0 saturated heterocycles. The number of anilines is 1. The Kier molecular flexibility index (Phi) is 1.18. The Morgan fingerprint density at radius 3 is 3.08 bits per heavy atom. The van der Waals surface area contributed by atoms with E-state index in [9.17, 15) is 0 Å². The molecule has 2 rings (SSSR count). The maximum absolute atomic E-state index is 8.51. The van der Waals surface area contributed by atoms with Gasteiger partial charge in [-0.3, -0.25) is 0 Å². The minimum absolute atomic E-state index is 0.280. The second kappa shape index (κ2) is 2.17. The number of hydrogen-bond acceptors (Lipinski definition) is 5. The highest BCUT2D eigenvalue weighted by Crippen LogP contribution is 2.08. The average Bonchev–Trinajstić information content (AvgIpc) is 2.49. The minimum atomic E-state index is 0.280. The van der Waals surface area contributed by atoms with Gasteiger partial charge in [-0.2, -0.15) is 5.26 Å². The highest BCUT2D eigenvalue weighted by atomic mass is 15.4. The van der Waals surface area contributed by atoms with Crippen molar-refractivity contribution >= 4 is 11.3 Å². The number of rotatable bonds is 0. The lowest BCUT2D eigenvalue weighted by Crippen LogP contribution is -1.99. The Morgan fingerprint density at radius 2 is 2.42 bits per heavy atom. The first-order chi connectivity index (χ1) is 5.81. The zero-order valence-electron chi connectivity index (χ0n) is 5.97. The van der Waals surface area contributed by atoms with E-state index < -0.39 is 0 Å². The summed E-state index contributed by atoms with van der Waals surface area (Å²) in [6, 6.07) is 3.43. The second-order valence-electron chi connectivity index (χ2n) is 2.16. The lowest BCUT2D eigenvalue weighted by molar-refractivity contribution is 0.779. The van der Waals surface area contributed by atoms with E-state index in [0.717, 1.165) is 0 Å². The smallest absolute Gasteiger partial charge is 0.165 e. The fourth-order valence-corrected chi connectivity index (χ4v) is 0.894. The van der Waals surface area contributed by atoms with Crippen molar-refractivity contribution in [1.82, 2.24) is 19.8 Å². The Morgan fingerprint density at radius 1 is 1.58 bits per heavy atom. The summed E-state index contributed by atoms with van der Waals surface area (Å²) in [6.45, 7) is 0. The van der Waals surface area contributed by atoms with Gasteiger partial charge in [0.2, 0.25) is 0 Å². The van der Waals surface area contributed by atoms with Gasteiger partial charge in [0.05, 0.1) is 0 Å². The zero-order valence-corrected chi connectivity index (χ0v) is 5.97. The molecule has 0 spiro atoms. The molecule has 0 aliphatic carbocycles. The number of nitrogen functional groups attached to an aromatic ring is 1. The minimum Gasteiger partial charge on any atom is -0.382 e. The monoisotopic (exact) mass is 160 g/mol. The third kappa shape index (κ3) is 0.769. The molecular weight excluding hydrogens is 156 g/mol. The molecule has 2 aromatic heterocycles. The molecule has 0 aliphatic rings. The van der Waals surface area contributed by atoms with Crippen LogP contribution in [0, 0.1) is 11.3 Å². The number of hydrogen-bond donors (Lipinski definition) is 1. The van der Waals surface area contributed by atoms with E-state index in [1.807, 2.05) is 6.07 Å². The van der Waals surface area contributed by atoms with E-state index >= 15 is 0 Å². The van der Waals surface area contributed by atoms with Crippen LogP contribution in [0.15, 0.2) is 12.4 Å². The molecule has 0 unspecified atom stereocenters. The molecule has 2 aromatic rings. The third-order valence-electron chi connectivity index (χ3n) is 1.43. The van der Waals surface area contributed by atoms with Crippen molar-refractivity contribution < 1.29 is 0 Å². The van der Waals surface area contributed by atoms with Gasteiger partial charge in [-0.25, -0.2) is 4.98 Å². The fourth-order valence-electron chi connectivity index (χ4n) is 0.894.